The minimum absolute atomic E-state index is 1.08. The van der Waals surface area contributed by atoms with Gasteiger partial charge in [0.1, 0.15) is 0 Å². The second-order valence-electron chi connectivity index (χ2n) is 1.53. The van der Waals surface area contributed by atoms with Crippen LogP contribution in [0.1, 0.15) is 0 Å². The first-order valence-corrected chi connectivity index (χ1v) is 5.74. The molecule has 0 saturated carbocycles. The van der Waals surface area contributed by atoms with E-state index in [0.717, 1.165) is 6.26 Å². The predicted octanol–water partition coefficient (Wildman–Crippen LogP) is 0.694. The summed E-state index contributed by atoms with van der Waals surface area (Å²) < 4.78 is 18.8. The van der Waals surface area contributed by atoms with Gasteiger partial charge in [0.25, 0.3) is 0 Å². The molecule has 0 aromatic carbocycles. The van der Waals surface area contributed by atoms with E-state index in [2.05, 4.69) is 31.6 Å². The van der Waals surface area contributed by atoms with Gasteiger partial charge in [0.05, 0.1) is 0 Å². The molecule has 0 aromatic heterocycles. The van der Waals surface area contributed by atoms with Gasteiger partial charge in [0, 0.05) is 0 Å². The first-order valence-electron chi connectivity index (χ1n) is 3.19. The maximum atomic E-state index is 4.86. The Morgan fingerprint density at radius 2 is 1.31 bits per heavy atom. The van der Waals surface area contributed by atoms with E-state index in [9.17, 15) is 0 Å². The summed E-state index contributed by atoms with van der Waals surface area (Å²) in [5.74, 6) is 0. The van der Waals surface area contributed by atoms with Crippen molar-refractivity contribution in [3.63, 3.8) is 0 Å². The molecule has 0 saturated heterocycles. The molecule has 13 heavy (non-hydrogen) atoms. The van der Waals surface area contributed by atoms with Crippen LogP contribution in [0.25, 0.3) is 0 Å². The van der Waals surface area contributed by atoms with Crippen LogP contribution in [0.4, 0.5) is 0 Å². The van der Waals surface area contributed by atoms with Gasteiger partial charge >= 0.3 is 80.7 Å². The fourth-order valence-electron chi connectivity index (χ4n) is 0.509. The van der Waals surface area contributed by atoms with Crippen LogP contribution in [0, 0.1) is 0 Å². The maximum absolute atomic E-state index is 4.86. The van der Waals surface area contributed by atoms with E-state index in [1.165, 1.54) is 21.3 Å². The fourth-order valence-corrected chi connectivity index (χ4v) is 2.10. The van der Waals surface area contributed by atoms with E-state index >= 15 is 0 Å². The Bertz CT molecular complexity index is 124. The Kier molecular flexibility index (Phi) is 7.43. The van der Waals surface area contributed by atoms with Crippen molar-refractivity contribution in [3.05, 3.63) is 12.8 Å². The summed E-state index contributed by atoms with van der Waals surface area (Å²) in [7, 11) is 3.81. The van der Waals surface area contributed by atoms with Crippen LogP contribution in [-0.2, 0) is 46.5 Å². The molecule has 8 heteroatoms. The Balaban J connectivity index is 4.27. The zero-order valence-electron chi connectivity index (χ0n) is 7.64. The standard InChI is InChI=1S/C2H4O.3CH4O2.Ti/c1-2-3;3*1-3-2;/h2-3H,1H2;3*2H,1H3;/q;;;;+4/p-4. The van der Waals surface area contributed by atoms with Crippen molar-refractivity contribution < 1.29 is 46.5 Å². The second kappa shape index (κ2) is 7.42. The second-order valence-corrected chi connectivity index (χ2v) is 4.24. The van der Waals surface area contributed by atoms with Crippen LogP contribution in [0.15, 0.2) is 12.8 Å². The summed E-state index contributed by atoms with van der Waals surface area (Å²) in [6.45, 7) is 3.31. The van der Waals surface area contributed by atoms with Gasteiger partial charge < -0.3 is 0 Å². The molecule has 0 aliphatic rings. The Morgan fingerprint density at radius 3 is 1.54 bits per heavy atom. The third-order valence-electron chi connectivity index (χ3n) is 0.784. The zero-order chi connectivity index (χ0) is 10.2. The van der Waals surface area contributed by atoms with Gasteiger partial charge in [-0.25, -0.2) is 0 Å². The predicted molar refractivity (Wildman–Crippen MR) is 35.6 cm³/mol. The molecule has 7 nitrogen and oxygen atoms in total. The topological polar surface area (TPSA) is 64.6 Å². The average molecular weight is 232 g/mol. The minimum atomic E-state index is -4.10. The number of hydrogen-bond donors (Lipinski definition) is 0. The molecule has 0 spiro atoms. The Hall–Kier alpha value is 0.0143. The van der Waals surface area contributed by atoms with Gasteiger partial charge in [-0.1, -0.05) is 0 Å². The average Bonchev–Trinajstić information content (AvgIpc) is 2.06. The van der Waals surface area contributed by atoms with Crippen molar-refractivity contribution >= 4 is 0 Å². The SMILES string of the molecule is C=C[O][Ti]([O]OC)([O]OC)[O]OC. The Labute approximate surface area is 81.1 Å². The van der Waals surface area contributed by atoms with Crippen molar-refractivity contribution in [1.82, 2.24) is 0 Å². The van der Waals surface area contributed by atoms with E-state index in [0.29, 0.717) is 0 Å². The van der Waals surface area contributed by atoms with Crippen molar-refractivity contribution in [2.45, 2.75) is 0 Å². The number of rotatable bonds is 8. The van der Waals surface area contributed by atoms with Gasteiger partial charge in [-0.05, 0) is 0 Å². The molecule has 0 heterocycles. The molecule has 0 bridgehead atoms. The summed E-state index contributed by atoms with van der Waals surface area (Å²) in [6, 6.07) is 0. The van der Waals surface area contributed by atoms with E-state index in [4.69, 9.17) is 3.32 Å². The molecule has 0 fully saturated rings. The molecular weight excluding hydrogens is 220 g/mol. The van der Waals surface area contributed by atoms with Crippen LogP contribution in [-0.4, -0.2) is 21.3 Å². The molecule has 0 aliphatic carbocycles. The van der Waals surface area contributed by atoms with Gasteiger partial charge in [-0.2, -0.15) is 0 Å². The van der Waals surface area contributed by atoms with Crippen molar-refractivity contribution in [1.29, 1.82) is 0 Å². The molecule has 0 amide bonds. The fraction of sp³-hybridized carbons (Fsp3) is 0.600. The molecule has 0 aliphatic heterocycles. The Morgan fingerprint density at radius 1 is 0.923 bits per heavy atom. The monoisotopic (exact) mass is 232 g/mol. The van der Waals surface area contributed by atoms with Crippen LogP contribution in [0.3, 0.4) is 0 Å². The van der Waals surface area contributed by atoms with Gasteiger partial charge in [0.15, 0.2) is 0 Å². The van der Waals surface area contributed by atoms with E-state index in [-0.39, 0.29) is 0 Å². The molecule has 0 radical (unpaired) electrons. The summed E-state index contributed by atoms with van der Waals surface area (Å²) in [4.78, 5) is 13.1. The van der Waals surface area contributed by atoms with E-state index in [1.807, 2.05) is 0 Å². The molecule has 0 atom stereocenters. The van der Waals surface area contributed by atoms with Crippen molar-refractivity contribution in [2.24, 2.45) is 0 Å². The van der Waals surface area contributed by atoms with Crippen molar-refractivity contribution in [3.8, 4) is 0 Å². The van der Waals surface area contributed by atoms with E-state index < -0.39 is 18.1 Å². The van der Waals surface area contributed by atoms with E-state index in [1.54, 1.807) is 0 Å². The molecule has 0 aromatic rings. The van der Waals surface area contributed by atoms with Crippen LogP contribution >= 0.6 is 0 Å². The third kappa shape index (κ3) is 4.70. The first kappa shape index (κ1) is 13.0. The molecular formula is C5H12O7Ti. The zero-order valence-corrected chi connectivity index (χ0v) is 9.20. The van der Waals surface area contributed by atoms with Gasteiger partial charge in [0.2, 0.25) is 0 Å². The molecule has 0 unspecified atom stereocenters. The summed E-state index contributed by atoms with van der Waals surface area (Å²) >= 11 is -4.10. The summed E-state index contributed by atoms with van der Waals surface area (Å²) in [6.07, 6.45) is 1.08. The summed E-state index contributed by atoms with van der Waals surface area (Å²) in [5.41, 5.74) is 0. The normalized spacial score (nSPS) is 11.3. The summed E-state index contributed by atoms with van der Waals surface area (Å²) in [5, 5.41) is 0. The van der Waals surface area contributed by atoms with Gasteiger partial charge in [-0.15, -0.1) is 0 Å². The van der Waals surface area contributed by atoms with Gasteiger partial charge in [-0.3, -0.25) is 0 Å². The van der Waals surface area contributed by atoms with Crippen LogP contribution in [0.5, 0.6) is 0 Å². The van der Waals surface area contributed by atoms with Crippen molar-refractivity contribution in [2.75, 3.05) is 21.3 Å². The van der Waals surface area contributed by atoms with Crippen LogP contribution < -0.4 is 0 Å². The first-order chi connectivity index (χ1) is 6.24. The van der Waals surface area contributed by atoms with Crippen LogP contribution in [0.2, 0.25) is 0 Å². The molecule has 78 valence electrons. The number of hydrogen-bond acceptors (Lipinski definition) is 7. The molecule has 0 rings (SSSR count). The quantitative estimate of drug-likeness (QED) is 0.264. The third-order valence-corrected chi connectivity index (χ3v) is 3.23. The molecule has 0 N–H and O–H groups in total.